The molecule has 1 saturated heterocycles. The van der Waals surface area contributed by atoms with E-state index in [1.807, 2.05) is 49.9 Å². The molecule has 2 rings (SSSR count). The number of hydrogen-bond acceptors (Lipinski definition) is 3. The van der Waals surface area contributed by atoms with E-state index in [9.17, 15) is 9.59 Å². The van der Waals surface area contributed by atoms with Crippen LogP contribution in [0.3, 0.4) is 0 Å². The van der Waals surface area contributed by atoms with Crippen LogP contribution in [0.1, 0.15) is 20.8 Å². The minimum atomic E-state index is -0.201. The maximum atomic E-state index is 12.3. The molecule has 0 unspecified atom stereocenters. The van der Waals surface area contributed by atoms with Gasteiger partial charge in [0.25, 0.3) is 5.91 Å². The summed E-state index contributed by atoms with van der Waals surface area (Å²) in [7, 11) is 0. The number of benzene rings is 1. The molecule has 25 heavy (non-hydrogen) atoms. The molecular formula is C18H28BrN4O2+. The first kappa shape index (κ1) is 19.7. The van der Waals surface area contributed by atoms with Gasteiger partial charge in [-0.2, -0.15) is 0 Å². The van der Waals surface area contributed by atoms with Crippen LogP contribution >= 0.6 is 15.9 Å². The van der Waals surface area contributed by atoms with Crippen LogP contribution in [-0.2, 0) is 9.59 Å². The first-order valence-electron chi connectivity index (χ1n) is 8.65. The number of piperazine rings is 1. The van der Waals surface area contributed by atoms with E-state index in [4.69, 9.17) is 0 Å². The first-order chi connectivity index (χ1) is 11.7. The van der Waals surface area contributed by atoms with Gasteiger partial charge in [0.15, 0.2) is 6.54 Å². The Hall–Kier alpha value is -1.60. The molecule has 0 aliphatic carbocycles. The molecule has 0 saturated carbocycles. The lowest BCUT2D eigenvalue weighted by molar-refractivity contribution is -0.896. The molecular weight excluding hydrogens is 384 g/mol. The largest absolute Gasteiger partial charge is 0.376 e. The summed E-state index contributed by atoms with van der Waals surface area (Å²) in [5.74, 6) is 0.167. The molecule has 2 amide bonds. The van der Waals surface area contributed by atoms with Crippen LogP contribution in [0, 0.1) is 0 Å². The quantitative estimate of drug-likeness (QED) is 0.660. The second-order valence-electron chi connectivity index (χ2n) is 7.47. The summed E-state index contributed by atoms with van der Waals surface area (Å²) >= 11 is 3.39. The number of nitrogens with one attached hydrogen (secondary N) is 3. The standard InChI is InChI=1S/C18H27BrN4O2/c1-18(2,3)21-16(24)13-22-8-10-23(11-9-22)17(25)12-20-15-6-4-14(19)5-7-15/h4-7,20H,8-13H2,1-3H3,(H,21,24)/p+1. The molecule has 6 nitrogen and oxygen atoms in total. The Morgan fingerprint density at radius 1 is 1.16 bits per heavy atom. The van der Waals surface area contributed by atoms with Gasteiger partial charge >= 0.3 is 0 Å². The number of halogens is 1. The topological polar surface area (TPSA) is 65.9 Å². The van der Waals surface area contributed by atoms with Crippen LogP contribution in [0.2, 0.25) is 0 Å². The number of hydrogen-bond donors (Lipinski definition) is 3. The molecule has 1 heterocycles. The van der Waals surface area contributed by atoms with Crippen molar-refractivity contribution in [2.45, 2.75) is 26.3 Å². The summed E-state index contributed by atoms with van der Waals surface area (Å²) in [5, 5.41) is 6.14. The van der Waals surface area contributed by atoms with Gasteiger partial charge in [-0.15, -0.1) is 0 Å². The van der Waals surface area contributed by atoms with E-state index < -0.39 is 0 Å². The zero-order valence-electron chi connectivity index (χ0n) is 15.2. The Balaban J connectivity index is 1.71. The SMILES string of the molecule is CC(C)(C)NC(=O)C[NH+]1CCN(C(=O)CNc2ccc(Br)cc2)CC1. The second-order valence-corrected chi connectivity index (χ2v) is 8.38. The monoisotopic (exact) mass is 411 g/mol. The van der Waals surface area contributed by atoms with Crippen molar-refractivity contribution in [3.8, 4) is 0 Å². The molecule has 0 radical (unpaired) electrons. The van der Waals surface area contributed by atoms with E-state index in [1.54, 1.807) is 0 Å². The van der Waals surface area contributed by atoms with Gasteiger partial charge < -0.3 is 20.4 Å². The van der Waals surface area contributed by atoms with Crippen molar-refractivity contribution in [3.05, 3.63) is 28.7 Å². The predicted octanol–water partition coefficient (Wildman–Crippen LogP) is 0.503. The first-order valence-corrected chi connectivity index (χ1v) is 9.44. The Bertz CT molecular complexity index is 590. The van der Waals surface area contributed by atoms with Crippen molar-refractivity contribution in [2.75, 3.05) is 44.6 Å². The average molecular weight is 412 g/mol. The fourth-order valence-electron chi connectivity index (χ4n) is 2.80. The van der Waals surface area contributed by atoms with Crippen molar-refractivity contribution in [2.24, 2.45) is 0 Å². The van der Waals surface area contributed by atoms with Crippen molar-refractivity contribution < 1.29 is 14.5 Å². The molecule has 0 atom stereocenters. The summed E-state index contributed by atoms with van der Waals surface area (Å²) < 4.78 is 1.01. The highest BCUT2D eigenvalue weighted by atomic mass is 79.9. The Labute approximate surface area is 158 Å². The van der Waals surface area contributed by atoms with Gasteiger partial charge in [-0.05, 0) is 45.0 Å². The van der Waals surface area contributed by atoms with Crippen LogP contribution in [0.25, 0.3) is 0 Å². The number of quaternary nitrogens is 1. The van der Waals surface area contributed by atoms with Gasteiger partial charge in [0, 0.05) is 15.7 Å². The summed E-state index contributed by atoms with van der Waals surface area (Å²) in [4.78, 5) is 27.4. The van der Waals surface area contributed by atoms with Gasteiger partial charge in [0.05, 0.1) is 32.7 Å². The van der Waals surface area contributed by atoms with Crippen LogP contribution in [0.4, 0.5) is 5.69 Å². The minimum absolute atomic E-state index is 0.0687. The molecule has 1 aromatic carbocycles. The van der Waals surface area contributed by atoms with Gasteiger partial charge in [-0.1, -0.05) is 15.9 Å². The fraction of sp³-hybridized carbons (Fsp3) is 0.556. The molecule has 1 aromatic rings. The summed E-state index contributed by atoms with van der Waals surface area (Å²) in [5.41, 5.74) is 0.729. The number of carbonyl (C=O) groups excluding carboxylic acids is 2. The Morgan fingerprint density at radius 3 is 2.32 bits per heavy atom. The highest BCUT2D eigenvalue weighted by molar-refractivity contribution is 9.10. The molecule has 0 aromatic heterocycles. The van der Waals surface area contributed by atoms with E-state index in [0.29, 0.717) is 26.2 Å². The van der Waals surface area contributed by atoms with E-state index in [0.717, 1.165) is 23.2 Å². The Kier molecular flexibility index (Phi) is 6.84. The number of amides is 2. The van der Waals surface area contributed by atoms with Gasteiger partial charge in [0.2, 0.25) is 5.91 Å². The Morgan fingerprint density at radius 2 is 1.76 bits per heavy atom. The maximum Gasteiger partial charge on any atom is 0.275 e. The molecule has 0 bridgehead atoms. The highest BCUT2D eigenvalue weighted by Crippen LogP contribution is 2.13. The third kappa shape index (κ3) is 7.04. The lowest BCUT2D eigenvalue weighted by Crippen LogP contribution is -3.16. The van der Waals surface area contributed by atoms with E-state index in [2.05, 4.69) is 26.6 Å². The zero-order valence-corrected chi connectivity index (χ0v) is 16.8. The molecule has 0 spiro atoms. The van der Waals surface area contributed by atoms with E-state index >= 15 is 0 Å². The maximum absolute atomic E-state index is 12.3. The molecule has 138 valence electrons. The second kappa shape index (κ2) is 8.67. The van der Waals surface area contributed by atoms with Gasteiger partial charge in [-0.25, -0.2) is 0 Å². The van der Waals surface area contributed by atoms with Crippen molar-refractivity contribution in [1.82, 2.24) is 10.2 Å². The third-order valence-electron chi connectivity index (χ3n) is 4.04. The van der Waals surface area contributed by atoms with Crippen LogP contribution in [0.5, 0.6) is 0 Å². The van der Waals surface area contributed by atoms with Crippen LogP contribution in [-0.4, -0.2) is 61.5 Å². The van der Waals surface area contributed by atoms with E-state index in [1.165, 1.54) is 4.90 Å². The predicted molar refractivity (Wildman–Crippen MR) is 103 cm³/mol. The molecule has 1 aliphatic rings. The average Bonchev–Trinajstić information content (AvgIpc) is 2.53. The van der Waals surface area contributed by atoms with Gasteiger partial charge in [0.1, 0.15) is 0 Å². The molecule has 1 aliphatic heterocycles. The smallest absolute Gasteiger partial charge is 0.275 e. The number of rotatable bonds is 5. The van der Waals surface area contributed by atoms with Crippen molar-refractivity contribution in [3.63, 3.8) is 0 Å². The number of carbonyl (C=O) groups is 2. The molecule has 3 N–H and O–H groups in total. The molecule has 1 fully saturated rings. The van der Waals surface area contributed by atoms with E-state index in [-0.39, 0.29) is 17.4 Å². The van der Waals surface area contributed by atoms with Crippen LogP contribution < -0.4 is 15.5 Å². The summed E-state index contributed by atoms with van der Waals surface area (Å²) in [6.07, 6.45) is 0. The van der Waals surface area contributed by atoms with Crippen molar-refractivity contribution >= 4 is 33.4 Å². The fourth-order valence-corrected chi connectivity index (χ4v) is 3.06. The minimum Gasteiger partial charge on any atom is -0.376 e. The van der Waals surface area contributed by atoms with Crippen molar-refractivity contribution in [1.29, 1.82) is 0 Å². The lowest BCUT2D eigenvalue weighted by atomic mass is 10.1. The lowest BCUT2D eigenvalue weighted by Gasteiger charge is -2.32. The number of anilines is 1. The number of nitrogens with zero attached hydrogens (tertiary/aromatic N) is 1. The molecule has 7 heteroatoms. The summed E-state index contributed by atoms with van der Waals surface area (Å²) in [6, 6.07) is 7.76. The highest BCUT2D eigenvalue weighted by Gasteiger charge is 2.26. The van der Waals surface area contributed by atoms with Gasteiger partial charge in [-0.3, -0.25) is 9.59 Å². The summed E-state index contributed by atoms with van der Waals surface area (Å²) in [6.45, 7) is 9.71. The zero-order chi connectivity index (χ0) is 18.4. The normalized spacial score (nSPS) is 15.8. The van der Waals surface area contributed by atoms with Crippen LogP contribution in [0.15, 0.2) is 28.7 Å². The third-order valence-corrected chi connectivity index (χ3v) is 4.56.